The first-order valence-electron chi connectivity index (χ1n) is 5.57. The van der Waals surface area contributed by atoms with Gasteiger partial charge in [0.05, 0.1) is 6.61 Å². The van der Waals surface area contributed by atoms with Crippen molar-refractivity contribution in [3.8, 4) is 0 Å². The fraction of sp³-hybridized carbons (Fsp3) is 0.750. The largest absolute Gasteiger partial charge is 0.784 e. The van der Waals surface area contributed by atoms with E-state index in [1.165, 1.54) is 0 Å². The molecule has 0 N–H and O–H groups in total. The fourth-order valence-electron chi connectivity index (χ4n) is 2.21. The molecule has 0 atom stereocenters. The molecular weight excluding hydrogens is 206 g/mol. The van der Waals surface area contributed by atoms with E-state index >= 15 is 0 Å². The van der Waals surface area contributed by atoms with Gasteiger partial charge in [0.25, 0.3) is 0 Å². The first-order valence-corrected chi connectivity index (χ1v) is 5.57. The van der Waals surface area contributed by atoms with Gasteiger partial charge in [-0.05, 0) is 41.0 Å². The van der Waals surface area contributed by atoms with E-state index in [-0.39, 0.29) is 5.97 Å². The van der Waals surface area contributed by atoms with Crippen molar-refractivity contribution in [2.45, 2.75) is 52.1 Å². The quantitative estimate of drug-likeness (QED) is 0.677. The summed E-state index contributed by atoms with van der Waals surface area (Å²) in [5.74, 6) is -0.309. The third-order valence-electron chi connectivity index (χ3n) is 2.76. The highest BCUT2D eigenvalue weighted by atomic mass is 16.5. The van der Waals surface area contributed by atoms with E-state index in [0.717, 1.165) is 5.06 Å². The molecule has 0 aliphatic carbocycles. The van der Waals surface area contributed by atoms with E-state index < -0.39 is 11.1 Å². The highest BCUT2D eigenvalue weighted by Gasteiger charge is 2.37. The van der Waals surface area contributed by atoms with Crippen LogP contribution in [0, 0.1) is 5.21 Å². The minimum atomic E-state index is -0.663. The zero-order valence-electron chi connectivity index (χ0n) is 10.7. The third kappa shape index (κ3) is 2.44. The van der Waals surface area contributed by atoms with Gasteiger partial charge in [-0.3, -0.25) is 0 Å². The number of nitrogens with zero attached hydrogens (tertiary/aromatic N) is 1. The lowest BCUT2D eigenvalue weighted by Crippen LogP contribution is -2.54. The van der Waals surface area contributed by atoms with Gasteiger partial charge in [-0.1, -0.05) is 6.08 Å². The molecule has 0 bridgehead atoms. The Morgan fingerprint density at radius 2 is 2.06 bits per heavy atom. The number of hydrogen-bond acceptors (Lipinski definition) is 4. The van der Waals surface area contributed by atoms with Crippen LogP contribution in [0.1, 0.15) is 41.0 Å². The Balaban J connectivity index is 3.01. The van der Waals surface area contributed by atoms with Gasteiger partial charge in [-0.2, -0.15) is 0 Å². The lowest BCUT2D eigenvalue weighted by molar-refractivity contribution is -0.139. The molecule has 1 aliphatic rings. The van der Waals surface area contributed by atoms with Gasteiger partial charge in [0.15, 0.2) is 0 Å². The Morgan fingerprint density at radius 1 is 1.50 bits per heavy atom. The number of hydroxylamine groups is 2. The molecule has 92 valence electrons. The van der Waals surface area contributed by atoms with Crippen molar-refractivity contribution in [2.75, 3.05) is 6.61 Å². The molecule has 1 rings (SSSR count). The van der Waals surface area contributed by atoms with Crippen LogP contribution in [0.4, 0.5) is 0 Å². The molecule has 4 heteroatoms. The van der Waals surface area contributed by atoms with Gasteiger partial charge in [0, 0.05) is 16.7 Å². The average Bonchev–Trinajstić information content (AvgIpc) is 2.13. The maximum atomic E-state index is 12.0. The molecule has 0 aromatic rings. The SMILES string of the molecule is CCOC(=O)C1=CC(C)(C)N([O-])C(C)(C)C1. The highest BCUT2D eigenvalue weighted by molar-refractivity contribution is 5.89. The number of hydrogen-bond donors (Lipinski definition) is 0. The predicted octanol–water partition coefficient (Wildman–Crippen LogP) is 2.24. The minimum Gasteiger partial charge on any atom is -0.784 e. The molecule has 16 heavy (non-hydrogen) atoms. The summed E-state index contributed by atoms with van der Waals surface area (Å²) in [6.07, 6.45) is 2.14. The Bertz CT molecular complexity index is 318. The first kappa shape index (κ1) is 13.2. The molecule has 1 heterocycles. The first-order chi connectivity index (χ1) is 7.20. The molecule has 0 aromatic heterocycles. The van der Waals surface area contributed by atoms with Crippen LogP contribution in [0.5, 0.6) is 0 Å². The van der Waals surface area contributed by atoms with Crippen molar-refractivity contribution in [1.82, 2.24) is 5.06 Å². The van der Waals surface area contributed by atoms with Gasteiger partial charge >= 0.3 is 5.97 Å². The summed E-state index contributed by atoms with van der Waals surface area (Å²) in [5, 5.41) is 13.1. The van der Waals surface area contributed by atoms with Crippen molar-refractivity contribution in [2.24, 2.45) is 0 Å². The van der Waals surface area contributed by atoms with Crippen LogP contribution in [0.15, 0.2) is 11.6 Å². The molecule has 0 saturated carbocycles. The Kier molecular flexibility index (Phi) is 3.45. The van der Waals surface area contributed by atoms with Gasteiger partial charge in [-0.25, -0.2) is 4.79 Å². The number of rotatable bonds is 2. The molecular formula is C12H20NO3-. The van der Waals surface area contributed by atoms with Gasteiger partial charge in [0.1, 0.15) is 0 Å². The monoisotopic (exact) mass is 226 g/mol. The van der Waals surface area contributed by atoms with Gasteiger partial charge < -0.3 is 15.0 Å². The molecule has 0 radical (unpaired) electrons. The molecule has 0 amide bonds. The molecule has 0 spiro atoms. The summed E-state index contributed by atoms with van der Waals surface area (Å²) in [7, 11) is 0. The Morgan fingerprint density at radius 3 is 2.50 bits per heavy atom. The van der Waals surface area contributed by atoms with Crippen LogP contribution < -0.4 is 0 Å². The molecule has 4 nitrogen and oxygen atoms in total. The Hall–Kier alpha value is -0.870. The summed E-state index contributed by atoms with van der Waals surface area (Å²) in [5.41, 5.74) is -0.631. The Labute approximate surface area is 96.8 Å². The van der Waals surface area contributed by atoms with Crippen LogP contribution in [-0.2, 0) is 9.53 Å². The van der Waals surface area contributed by atoms with E-state index in [1.807, 2.05) is 13.8 Å². The summed E-state index contributed by atoms with van der Waals surface area (Å²) in [6, 6.07) is 0. The third-order valence-corrected chi connectivity index (χ3v) is 2.76. The number of carbonyl (C=O) groups is 1. The molecule has 0 fully saturated rings. The number of esters is 1. The molecule has 0 unspecified atom stereocenters. The summed E-state index contributed by atoms with van der Waals surface area (Å²) in [4.78, 5) is 11.7. The number of ether oxygens (including phenoxy) is 1. The lowest BCUT2D eigenvalue weighted by Gasteiger charge is -2.56. The van der Waals surface area contributed by atoms with Crippen molar-refractivity contribution in [3.63, 3.8) is 0 Å². The van der Waals surface area contributed by atoms with Crippen LogP contribution in [0.25, 0.3) is 0 Å². The highest BCUT2D eigenvalue weighted by Crippen LogP contribution is 2.36. The van der Waals surface area contributed by atoms with E-state index in [2.05, 4.69) is 0 Å². The summed E-state index contributed by atoms with van der Waals surface area (Å²) < 4.78 is 4.98. The number of carbonyl (C=O) groups excluding carboxylic acids is 1. The minimum absolute atomic E-state index is 0.309. The smallest absolute Gasteiger partial charge is 0.333 e. The fourth-order valence-corrected chi connectivity index (χ4v) is 2.21. The lowest BCUT2D eigenvalue weighted by atomic mass is 9.83. The van der Waals surface area contributed by atoms with Crippen molar-refractivity contribution in [1.29, 1.82) is 0 Å². The zero-order chi connectivity index (χ0) is 12.6. The van der Waals surface area contributed by atoms with Crippen LogP contribution >= 0.6 is 0 Å². The van der Waals surface area contributed by atoms with Crippen LogP contribution in [0.2, 0.25) is 0 Å². The standard InChI is InChI=1S/C12H20NO3/c1-6-16-10(14)9-7-11(2,3)13(15)12(4,5)8-9/h7H,6,8H2,1-5H3/q-1. The second kappa shape index (κ2) is 4.18. The molecule has 1 aliphatic heterocycles. The van der Waals surface area contributed by atoms with E-state index in [1.54, 1.807) is 26.8 Å². The van der Waals surface area contributed by atoms with Crippen molar-refractivity contribution in [3.05, 3.63) is 16.9 Å². The maximum Gasteiger partial charge on any atom is 0.333 e. The predicted molar refractivity (Wildman–Crippen MR) is 62.7 cm³/mol. The second-order valence-electron chi connectivity index (χ2n) is 5.33. The van der Waals surface area contributed by atoms with Crippen LogP contribution in [-0.4, -0.2) is 28.7 Å². The maximum absolute atomic E-state index is 12.0. The average molecular weight is 226 g/mol. The van der Waals surface area contributed by atoms with Crippen molar-refractivity contribution < 1.29 is 9.53 Å². The topological polar surface area (TPSA) is 52.6 Å². The van der Waals surface area contributed by atoms with E-state index in [9.17, 15) is 10.0 Å². The van der Waals surface area contributed by atoms with Gasteiger partial charge in [-0.15, -0.1) is 0 Å². The second-order valence-corrected chi connectivity index (χ2v) is 5.33. The van der Waals surface area contributed by atoms with Gasteiger partial charge in [0.2, 0.25) is 0 Å². The molecule has 0 saturated heterocycles. The van der Waals surface area contributed by atoms with Crippen molar-refractivity contribution >= 4 is 5.97 Å². The molecule has 0 aromatic carbocycles. The summed E-state index contributed by atoms with van der Waals surface area (Å²) >= 11 is 0. The normalized spacial score (nSPS) is 23.8. The zero-order valence-corrected chi connectivity index (χ0v) is 10.7. The van der Waals surface area contributed by atoms with E-state index in [0.29, 0.717) is 18.6 Å². The van der Waals surface area contributed by atoms with E-state index in [4.69, 9.17) is 4.74 Å². The van der Waals surface area contributed by atoms with Crippen LogP contribution in [0.3, 0.4) is 0 Å². The summed E-state index contributed by atoms with van der Waals surface area (Å²) in [6.45, 7) is 9.43.